The highest BCUT2D eigenvalue weighted by Crippen LogP contribution is 2.57. The van der Waals surface area contributed by atoms with Crippen LogP contribution in [0.25, 0.3) is 0 Å². The van der Waals surface area contributed by atoms with Crippen LogP contribution >= 0.6 is 0 Å². The van der Waals surface area contributed by atoms with Crippen LogP contribution in [0.15, 0.2) is 30.3 Å². The summed E-state index contributed by atoms with van der Waals surface area (Å²) in [6.45, 7) is 0.664. The van der Waals surface area contributed by atoms with Crippen LogP contribution in [0.5, 0.6) is 0 Å². The molecule has 1 amide bonds. The van der Waals surface area contributed by atoms with Crippen molar-refractivity contribution < 1.29 is 9.59 Å². The first-order valence-corrected chi connectivity index (χ1v) is 5.13. The molecular formula is C12H11NO2. The molecule has 1 heterocycles. The second-order valence-electron chi connectivity index (χ2n) is 4.28. The third kappa shape index (κ3) is 1.00. The Bertz CT molecular complexity index is 440. The van der Waals surface area contributed by atoms with E-state index in [1.165, 1.54) is 0 Å². The summed E-state index contributed by atoms with van der Waals surface area (Å²) in [5.41, 5.74) is -0.0569. The minimum atomic E-state index is -0.707. The van der Waals surface area contributed by atoms with Crippen molar-refractivity contribution in [3.8, 4) is 0 Å². The maximum absolute atomic E-state index is 12.2. The predicted octanol–water partition coefficient (Wildman–Crippen LogP) is 1.01. The van der Waals surface area contributed by atoms with Crippen molar-refractivity contribution in [2.75, 3.05) is 6.54 Å². The van der Waals surface area contributed by atoms with Crippen molar-refractivity contribution >= 4 is 11.7 Å². The topological polar surface area (TPSA) is 46.2 Å². The molecule has 1 aliphatic carbocycles. The number of Topliss-reactive ketones (excluding diaryl/α,β-unsaturated/α-hetero) is 1. The Morgan fingerprint density at radius 1 is 1.33 bits per heavy atom. The van der Waals surface area contributed by atoms with Gasteiger partial charge in [0.05, 0.1) is 0 Å². The van der Waals surface area contributed by atoms with Crippen molar-refractivity contribution in [3.05, 3.63) is 35.9 Å². The number of nitrogens with one attached hydrogen (secondary N) is 1. The van der Waals surface area contributed by atoms with E-state index in [-0.39, 0.29) is 17.6 Å². The second kappa shape index (κ2) is 2.69. The fourth-order valence-corrected chi connectivity index (χ4v) is 2.46. The monoisotopic (exact) mass is 201 g/mol. The molecule has 0 spiro atoms. The molecule has 1 aromatic rings. The summed E-state index contributed by atoms with van der Waals surface area (Å²) < 4.78 is 0. The van der Waals surface area contributed by atoms with Crippen molar-refractivity contribution in [2.45, 2.75) is 6.42 Å². The molecule has 3 rings (SSSR count). The molecule has 2 unspecified atom stereocenters. The quantitative estimate of drug-likeness (QED) is 0.573. The number of carbonyl (C=O) groups is 2. The van der Waals surface area contributed by atoms with Gasteiger partial charge in [-0.3, -0.25) is 9.59 Å². The molecule has 1 saturated heterocycles. The second-order valence-corrected chi connectivity index (χ2v) is 4.28. The summed E-state index contributed by atoms with van der Waals surface area (Å²) in [4.78, 5) is 23.8. The van der Waals surface area contributed by atoms with Crippen LogP contribution in [0, 0.1) is 11.3 Å². The zero-order chi connectivity index (χ0) is 10.5. The average molecular weight is 201 g/mol. The summed E-state index contributed by atoms with van der Waals surface area (Å²) in [5.74, 6) is 0.141. The number of piperidine rings is 1. The molecule has 2 atom stereocenters. The first-order valence-electron chi connectivity index (χ1n) is 5.13. The Morgan fingerprint density at radius 3 is 2.60 bits per heavy atom. The van der Waals surface area contributed by atoms with E-state index in [4.69, 9.17) is 0 Å². The van der Waals surface area contributed by atoms with Gasteiger partial charge in [0.25, 0.3) is 0 Å². The Hall–Kier alpha value is -1.64. The van der Waals surface area contributed by atoms with Gasteiger partial charge in [-0.15, -0.1) is 0 Å². The minimum absolute atomic E-state index is 0.0110. The average Bonchev–Trinajstić information content (AvgIpc) is 2.94. The highest BCUT2D eigenvalue weighted by Gasteiger charge is 2.68. The van der Waals surface area contributed by atoms with Gasteiger partial charge in [-0.25, -0.2) is 0 Å². The number of hydrogen-bond acceptors (Lipinski definition) is 2. The molecule has 2 fully saturated rings. The van der Waals surface area contributed by atoms with E-state index in [9.17, 15) is 9.59 Å². The van der Waals surface area contributed by atoms with Gasteiger partial charge in [-0.05, 0) is 12.3 Å². The summed E-state index contributed by atoms with van der Waals surface area (Å²) in [6, 6.07) is 9.08. The van der Waals surface area contributed by atoms with Gasteiger partial charge in [-0.2, -0.15) is 0 Å². The molecule has 0 bridgehead atoms. The van der Waals surface area contributed by atoms with Crippen molar-refractivity contribution in [1.29, 1.82) is 0 Å². The normalized spacial score (nSPS) is 32.0. The molecule has 0 aromatic heterocycles. The number of amides is 1. The summed E-state index contributed by atoms with van der Waals surface area (Å²) in [5, 5.41) is 2.75. The van der Waals surface area contributed by atoms with Gasteiger partial charge in [0.1, 0.15) is 5.41 Å². The lowest BCUT2D eigenvalue weighted by Gasteiger charge is -2.08. The zero-order valence-corrected chi connectivity index (χ0v) is 8.19. The zero-order valence-electron chi connectivity index (χ0n) is 8.19. The van der Waals surface area contributed by atoms with E-state index in [0.29, 0.717) is 12.1 Å². The van der Waals surface area contributed by atoms with E-state index in [1.807, 2.05) is 18.2 Å². The molecule has 3 heteroatoms. The molecule has 1 saturated carbocycles. The number of carbonyl (C=O) groups excluding carboxylic acids is 2. The number of fused-ring (bicyclic) bond motifs is 1. The molecule has 15 heavy (non-hydrogen) atoms. The smallest absolute Gasteiger partial charge is 0.234 e. The number of hydrogen-bond donors (Lipinski definition) is 1. The van der Waals surface area contributed by atoms with Crippen molar-refractivity contribution in [3.63, 3.8) is 0 Å². The maximum Gasteiger partial charge on any atom is 0.234 e. The van der Waals surface area contributed by atoms with E-state index >= 15 is 0 Å². The maximum atomic E-state index is 12.2. The van der Waals surface area contributed by atoms with E-state index < -0.39 is 5.41 Å². The predicted molar refractivity (Wildman–Crippen MR) is 54.3 cm³/mol. The number of ketones is 1. The summed E-state index contributed by atoms with van der Waals surface area (Å²) in [6.07, 6.45) is 0.729. The van der Waals surface area contributed by atoms with Crippen LogP contribution in [-0.2, 0) is 4.79 Å². The first kappa shape index (κ1) is 8.65. The fourth-order valence-electron chi connectivity index (χ4n) is 2.46. The lowest BCUT2D eigenvalue weighted by molar-refractivity contribution is -0.123. The lowest BCUT2D eigenvalue weighted by Crippen LogP contribution is -2.31. The highest BCUT2D eigenvalue weighted by molar-refractivity contribution is 6.18. The van der Waals surface area contributed by atoms with Crippen molar-refractivity contribution in [1.82, 2.24) is 5.32 Å². The summed E-state index contributed by atoms with van der Waals surface area (Å²) in [7, 11) is 0. The Balaban J connectivity index is 1.97. The van der Waals surface area contributed by atoms with E-state index in [2.05, 4.69) is 5.32 Å². The van der Waals surface area contributed by atoms with Crippen LogP contribution in [0.1, 0.15) is 16.8 Å². The van der Waals surface area contributed by atoms with Gasteiger partial charge >= 0.3 is 0 Å². The highest BCUT2D eigenvalue weighted by atomic mass is 16.2. The van der Waals surface area contributed by atoms with Gasteiger partial charge in [0, 0.05) is 12.1 Å². The molecule has 2 aliphatic rings. The van der Waals surface area contributed by atoms with Gasteiger partial charge in [0.15, 0.2) is 5.78 Å². The van der Waals surface area contributed by atoms with Crippen LogP contribution in [-0.4, -0.2) is 18.2 Å². The lowest BCUT2D eigenvalue weighted by atomic mass is 9.93. The third-order valence-electron chi connectivity index (χ3n) is 3.46. The molecule has 1 N–H and O–H groups in total. The molecule has 1 aromatic carbocycles. The minimum Gasteiger partial charge on any atom is -0.355 e. The fraction of sp³-hybridized carbons (Fsp3) is 0.333. The SMILES string of the molecule is O=C1NCC2CC12C(=O)c1ccccc1. The number of benzene rings is 1. The Kier molecular flexibility index (Phi) is 1.55. The van der Waals surface area contributed by atoms with E-state index in [1.54, 1.807) is 12.1 Å². The van der Waals surface area contributed by atoms with Crippen LogP contribution in [0.3, 0.4) is 0 Å². The molecule has 0 radical (unpaired) electrons. The largest absolute Gasteiger partial charge is 0.355 e. The molecule has 1 aliphatic heterocycles. The summed E-state index contributed by atoms with van der Waals surface area (Å²) >= 11 is 0. The van der Waals surface area contributed by atoms with Crippen LogP contribution in [0.2, 0.25) is 0 Å². The van der Waals surface area contributed by atoms with Crippen molar-refractivity contribution in [2.24, 2.45) is 11.3 Å². The van der Waals surface area contributed by atoms with Gasteiger partial charge in [-0.1, -0.05) is 30.3 Å². The first-order chi connectivity index (χ1) is 7.25. The van der Waals surface area contributed by atoms with Gasteiger partial charge < -0.3 is 5.32 Å². The standard InChI is InChI=1S/C12H11NO2/c14-10(8-4-2-1-3-5-8)12-6-9(12)7-13-11(12)15/h1-5,9H,6-7H2,(H,13,15). The number of rotatable bonds is 2. The van der Waals surface area contributed by atoms with Gasteiger partial charge in [0.2, 0.25) is 5.91 Å². The van der Waals surface area contributed by atoms with E-state index in [0.717, 1.165) is 6.42 Å². The van der Waals surface area contributed by atoms with Crippen LogP contribution < -0.4 is 5.32 Å². The molecule has 3 nitrogen and oxygen atoms in total. The Morgan fingerprint density at radius 2 is 2.07 bits per heavy atom. The molecular weight excluding hydrogens is 190 g/mol. The molecule has 76 valence electrons. The Labute approximate surface area is 87.5 Å². The third-order valence-corrected chi connectivity index (χ3v) is 3.46. The van der Waals surface area contributed by atoms with Crippen LogP contribution in [0.4, 0.5) is 0 Å².